The summed E-state index contributed by atoms with van der Waals surface area (Å²) in [5.41, 5.74) is -0.168. The minimum Gasteiger partial charge on any atom is -0.396 e. The number of sulfonamides is 1. The van der Waals surface area contributed by atoms with Crippen molar-refractivity contribution in [1.29, 1.82) is 0 Å². The molecule has 0 bridgehead atoms. The van der Waals surface area contributed by atoms with E-state index in [-0.39, 0.29) is 30.7 Å². The van der Waals surface area contributed by atoms with Crippen LogP contribution in [0.4, 0.5) is 8.78 Å². The van der Waals surface area contributed by atoms with Crippen molar-refractivity contribution in [2.75, 3.05) is 19.7 Å². The van der Waals surface area contributed by atoms with Crippen LogP contribution in [0.1, 0.15) is 31.7 Å². The Balaban J connectivity index is 2.28. The van der Waals surface area contributed by atoms with Crippen molar-refractivity contribution in [2.45, 2.75) is 38.0 Å². The molecule has 0 spiro atoms. The molecule has 1 saturated heterocycles. The smallest absolute Gasteiger partial charge is 0.245 e. The molecular weight excluding hydrogens is 312 g/mol. The molecule has 0 radical (unpaired) electrons. The summed E-state index contributed by atoms with van der Waals surface area (Å²) in [6.45, 7) is 3.84. The molecule has 22 heavy (non-hydrogen) atoms. The van der Waals surface area contributed by atoms with Crippen LogP contribution < -0.4 is 0 Å². The Hall–Kier alpha value is -1.05. The van der Waals surface area contributed by atoms with Gasteiger partial charge in [0.1, 0.15) is 16.5 Å². The standard InChI is InChI=1S/C15H21F2NO3S/c1-3-15(10-19)4-6-18(7-5-15)22(20,21)14-8-11(2)12(16)9-13(14)17/h8-9,19H,3-7,10H2,1-2H3. The van der Waals surface area contributed by atoms with Crippen LogP contribution in [0, 0.1) is 24.0 Å². The SMILES string of the molecule is CCC1(CO)CCN(S(=O)(=O)c2cc(C)c(F)cc2F)CC1. The minimum absolute atomic E-state index is 0.0153. The lowest BCUT2D eigenvalue weighted by atomic mass is 9.77. The van der Waals surface area contributed by atoms with Gasteiger partial charge in [0.15, 0.2) is 0 Å². The van der Waals surface area contributed by atoms with Crippen LogP contribution in [0.25, 0.3) is 0 Å². The van der Waals surface area contributed by atoms with Crippen molar-refractivity contribution in [3.63, 3.8) is 0 Å². The second-order valence-electron chi connectivity index (χ2n) is 5.95. The maximum absolute atomic E-state index is 13.9. The van der Waals surface area contributed by atoms with Crippen molar-refractivity contribution in [1.82, 2.24) is 4.31 Å². The van der Waals surface area contributed by atoms with Gasteiger partial charge in [-0.3, -0.25) is 0 Å². The summed E-state index contributed by atoms with van der Waals surface area (Å²) in [4.78, 5) is -0.487. The zero-order chi connectivity index (χ0) is 16.5. The maximum Gasteiger partial charge on any atom is 0.245 e. The van der Waals surface area contributed by atoms with E-state index in [9.17, 15) is 22.3 Å². The van der Waals surface area contributed by atoms with Gasteiger partial charge in [0.05, 0.1) is 0 Å². The Morgan fingerprint density at radius 3 is 2.32 bits per heavy atom. The van der Waals surface area contributed by atoms with E-state index in [2.05, 4.69) is 0 Å². The molecule has 7 heteroatoms. The second-order valence-corrected chi connectivity index (χ2v) is 7.85. The summed E-state index contributed by atoms with van der Waals surface area (Å²) in [5, 5.41) is 9.49. The van der Waals surface area contributed by atoms with Gasteiger partial charge >= 0.3 is 0 Å². The number of hydrogen-bond acceptors (Lipinski definition) is 3. The molecule has 124 valence electrons. The molecule has 0 atom stereocenters. The van der Waals surface area contributed by atoms with E-state index < -0.39 is 26.6 Å². The number of hydrogen-bond donors (Lipinski definition) is 1. The van der Waals surface area contributed by atoms with Crippen LogP contribution in [-0.4, -0.2) is 37.5 Å². The average Bonchev–Trinajstić information content (AvgIpc) is 2.50. The monoisotopic (exact) mass is 333 g/mol. The van der Waals surface area contributed by atoms with Gasteiger partial charge in [0.2, 0.25) is 10.0 Å². The van der Waals surface area contributed by atoms with Crippen LogP contribution in [-0.2, 0) is 10.0 Å². The van der Waals surface area contributed by atoms with Crippen molar-refractivity contribution >= 4 is 10.0 Å². The first-order valence-corrected chi connectivity index (χ1v) is 8.76. The number of benzene rings is 1. The number of nitrogens with zero attached hydrogens (tertiary/aromatic N) is 1. The second kappa shape index (κ2) is 6.22. The van der Waals surface area contributed by atoms with E-state index in [4.69, 9.17) is 0 Å². The third-order valence-electron chi connectivity index (χ3n) is 4.70. The van der Waals surface area contributed by atoms with E-state index in [1.54, 1.807) is 0 Å². The number of aliphatic hydroxyl groups excluding tert-OH is 1. The van der Waals surface area contributed by atoms with Crippen LogP contribution in [0.3, 0.4) is 0 Å². The van der Waals surface area contributed by atoms with Crippen molar-refractivity contribution in [3.8, 4) is 0 Å². The number of aliphatic hydroxyl groups is 1. The van der Waals surface area contributed by atoms with Crippen molar-refractivity contribution in [3.05, 3.63) is 29.3 Å². The van der Waals surface area contributed by atoms with Gasteiger partial charge in [-0.1, -0.05) is 6.92 Å². The normalized spacial score (nSPS) is 19.3. The van der Waals surface area contributed by atoms with Gasteiger partial charge in [0, 0.05) is 25.8 Å². The third kappa shape index (κ3) is 3.02. The van der Waals surface area contributed by atoms with E-state index >= 15 is 0 Å². The number of halogens is 2. The lowest BCUT2D eigenvalue weighted by Gasteiger charge is -2.39. The average molecular weight is 333 g/mol. The summed E-state index contributed by atoms with van der Waals surface area (Å²) in [6, 6.07) is 1.64. The molecule has 1 heterocycles. The summed E-state index contributed by atoms with van der Waals surface area (Å²) >= 11 is 0. The molecule has 2 rings (SSSR count). The molecule has 4 nitrogen and oxygen atoms in total. The predicted octanol–water partition coefficient (Wildman–Crippen LogP) is 2.45. The van der Waals surface area contributed by atoms with E-state index in [0.717, 1.165) is 12.5 Å². The quantitative estimate of drug-likeness (QED) is 0.921. The zero-order valence-electron chi connectivity index (χ0n) is 12.8. The molecule has 0 unspecified atom stereocenters. The van der Waals surface area contributed by atoms with Gasteiger partial charge in [-0.2, -0.15) is 4.31 Å². The van der Waals surface area contributed by atoms with Crippen LogP contribution in [0.2, 0.25) is 0 Å². The fourth-order valence-electron chi connectivity index (χ4n) is 2.79. The molecule has 1 aliphatic rings. The highest BCUT2D eigenvalue weighted by atomic mass is 32.2. The molecule has 0 amide bonds. The molecule has 1 aliphatic heterocycles. The van der Waals surface area contributed by atoms with Gasteiger partial charge in [-0.05, 0) is 43.2 Å². The fraction of sp³-hybridized carbons (Fsp3) is 0.600. The first kappa shape index (κ1) is 17.3. The number of piperidine rings is 1. The summed E-state index contributed by atoms with van der Waals surface area (Å²) in [6.07, 6.45) is 1.82. The van der Waals surface area contributed by atoms with Gasteiger partial charge in [-0.25, -0.2) is 17.2 Å². The van der Waals surface area contributed by atoms with Gasteiger partial charge < -0.3 is 5.11 Å². The predicted molar refractivity (Wildman–Crippen MR) is 78.9 cm³/mol. The number of aryl methyl sites for hydroxylation is 1. The number of rotatable bonds is 4. The van der Waals surface area contributed by atoms with Crippen molar-refractivity contribution < 1.29 is 22.3 Å². The minimum atomic E-state index is -3.99. The van der Waals surface area contributed by atoms with Crippen LogP contribution >= 0.6 is 0 Å². The highest BCUT2D eigenvalue weighted by molar-refractivity contribution is 7.89. The maximum atomic E-state index is 13.9. The van der Waals surface area contributed by atoms with E-state index in [0.29, 0.717) is 18.9 Å². The third-order valence-corrected chi connectivity index (χ3v) is 6.61. The summed E-state index contributed by atoms with van der Waals surface area (Å²) in [5.74, 6) is -1.84. The Kier molecular flexibility index (Phi) is 4.89. The van der Waals surface area contributed by atoms with E-state index in [1.165, 1.54) is 11.2 Å². The topological polar surface area (TPSA) is 57.6 Å². The molecular formula is C15H21F2NO3S. The van der Waals surface area contributed by atoms with Crippen LogP contribution in [0.15, 0.2) is 17.0 Å². The first-order chi connectivity index (χ1) is 10.3. The molecule has 1 N–H and O–H groups in total. The Labute approximate surface area is 129 Å². The van der Waals surface area contributed by atoms with E-state index in [1.807, 2.05) is 6.92 Å². The Bertz CT molecular complexity index is 647. The van der Waals surface area contributed by atoms with Crippen LogP contribution in [0.5, 0.6) is 0 Å². The Morgan fingerprint density at radius 2 is 1.82 bits per heavy atom. The summed E-state index contributed by atoms with van der Waals surface area (Å²) in [7, 11) is -3.99. The highest BCUT2D eigenvalue weighted by Gasteiger charge is 2.38. The lowest BCUT2D eigenvalue weighted by Crippen LogP contribution is -2.44. The molecule has 0 saturated carbocycles. The molecule has 1 aromatic rings. The molecule has 1 aromatic carbocycles. The Morgan fingerprint density at radius 1 is 1.23 bits per heavy atom. The molecule has 0 aromatic heterocycles. The van der Waals surface area contributed by atoms with Gasteiger partial charge in [0.25, 0.3) is 0 Å². The summed E-state index contributed by atoms with van der Waals surface area (Å²) < 4.78 is 53.5. The molecule has 1 fully saturated rings. The largest absolute Gasteiger partial charge is 0.396 e. The zero-order valence-corrected chi connectivity index (χ0v) is 13.6. The highest BCUT2D eigenvalue weighted by Crippen LogP contribution is 2.36. The first-order valence-electron chi connectivity index (χ1n) is 7.32. The fourth-order valence-corrected chi connectivity index (χ4v) is 4.36. The van der Waals surface area contributed by atoms with Gasteiger partial charge in [-0.15, -0.1) is 0 Å². The lowest BCUT2D eigenvalue weighted by molar-refractivity contribution is 0.0647. The molecule has 0 aliphatic carbocycles. The van der Waals surface area contributed by atoms with Crippen molar-refractivity contribution in [2.24, 2.45) is 5.41 Å².